The molecular formula is C21H33N5O. The van der Waals surface area contributed by atoms with Crippen LogP contribution in [0.5, 0.6) is 0 Å². The summed E-state index contributed by atoms with van der Waals surface area (Å²) in [5.41, 5.74) is 2.13. The van der Waals surface area contributed by atoms with Crippen LogP contribution in [0.2, 0.25) is 0 Å². The number of aromatic amines is 1. The van der Waals surface area contributed by atoms with Crippen molar-refractivity contribution in [2.45, 2.75) is 44.8 Å². The van der Waals surface area contributed by atoms with Gasteiger partial charge in [-0.25, -0.2) is 4.79 Å². The zero-order valence-corrected chi connectivity index (χ0v) is 17.0. The van der Waals surface area contributed by atoms with Crippen LogP contribution >= 0.6 is 0 Å². The summed E-state index contributed by atoms with van der Waals surface area (Å²) in [6.07, 6.45) is 4.29. The van der Waals surface area contributed by atoms with Gasteiger partial charge >= 0.3 is 6.03 Å². The first-order valence-electron chi connectivity index (χ1n) is 9.85. The number of para-hydroxylation sites is 1. The number of H-pyrrole nitrogens is 1. The molecule has 0 saturated carbocycles. The number of aromatic nitrogens is 1. The number of urea groups is 1. The molecule has 1 aromatic carbocycles. The minimum atomic E-state index is -0.116. The van der Waals surface area contributed by atoms with Crippen molar-refractivity contribution in [3.63, 3.8) is 0 Å². The lowest BCUT2D eigenvalue weighted by atomic mass is 9.96. The number of hydrogen-bond donors (Lipinski definition) is 3. The number of carbonyl (C=O) groups is 1. The Bertz CT molecular complexity index is 759. The van der Waals surface area contributed by atoms with Crippen molar-refractivity contribution in [1.29, 1.82) is 0 Å². The van der Waals surface area contributed by atoms with Gasteiger partial charge in [0.2, 0.25) is 0 Å². The summed E-state index contributed by atoms with van der Waals surface area (Å²) in [5.74, 6) is 0. The molecule has 0 radical (unpaired) electrons. The van der Waals surface area contributed by atoms with Crippen molar-refractivity contribution in [1.82, 2.24) is 25.4 Å². The first-order chi connectivity index (χ1) is 12.9. The molecule has 2 aromatic rings. The number of amides is 2. The fraction of sp³-hybridized carbons (Fsp3) is 0.571. The number of nitrogens with one attached hydrogen (secondary N) is 3. The summed E-state index contributed by atoms with van der Waals surface area (Å²) >= 11 is 0. The Kier molecular flexibility index (Phi) is 6.07. The fourth-order valence-electron chi connectivity index (χ4n) is 3.93. The zero-order chi connectivity index (χ0) is 19.4. The minimum absolute atomic E-state index is 0.0475. The summed E-state index contributed by atoms with van der Waals surface area (Å²) in [6, 6.07) is 8.72. The molecule has 27 heavy (non-hydrogen) atoms. The highest BCUT2D eigenvalue weighted by Crippen LogP contribution is 2.22. The van der Waals surface area contributed by atoms with E-state index in [1.165, 1.54) is 12.8 Å². The predicted molar refractivity (Wildman–Crippen MR) is 111 cm³/mol. The van der Waals surface area contributed by atoms with Crippen LogP contribution in [0, 0.1) is 0 Å². The molecule has 2 heterocycles. The Balaban J connectivity index is 1.46. The molecule has 1 aliphatic rings. The van der Waals surface area contributed by atoms with Crippen LogP contribution < -0.4 is 10.6 Å². The van der Waals surface area contributed by atoms with Crippen LogP contribution in [0.4, 0.5) is 4.79 Å². The second-order valence-corrected chi connectivity index (χ2v) is 8.39. The van der Waals surface area contributed by atoms with Gasteiger partial charge < -0.3 is 20.5 Å². The summed E-state index contributed by atoms with van der Waals surface area (Å²) < 4.78 is 0. The molecule has 0 unspecified atom stereocenters. The standard InChI is InChI=1S/C21H33N5O/c1-21(2,26-12-9-18(10-13-26)25(3)4)15-24-20(27)23-14-17-7-5-6-16-8-11-22-19(16)17/h5-8,11,18,22H,9-10,12-15H2,1-4H3,(H2,23,24,27). The third kappa shape index (κ3) is 4.82. The highest BCUT2D eigenvalue weighted by molar-refractivity contribution is 5.83. The third-order valence-electron chi connectivity index (χ3n) is 5.85. The van der Waals surface area contributed by atoms with Gasteiger partial charge in [0.15, 0.2) is 0 Å². The Hall–Kier alpha value is -2.05. The Morgan fingerprint density at radius 2 is 1.96 bits per heavy atom. The van der Waals surface area contributed by atoms with E-state index in [2.05, 4.69) is 59.4 Å². The van der Waals surface area contributed by atoms with E-state index in [1.807, 2.05) is 24.4 Å². The topological polar surface area (TPSA) is 63.4 Å². The lowest BCUT2D eigenvalue weighted by Gasteiger charge is -2.44. The van der Waals surface area contributed by atoms with Gasteiger partial charge in [0.1, 0.15) is 0 Å². The molecule has 1 aliphatic heterocycles. The van der Waals surface area contributed by atoms with Crippen molar-refractivity contribution >= 4 is 16.9 Å². The molecule has 3 N–H and O–H groups in total. The van der Waals surface area contributed by atoms with E-state index in [1.54, 1.807) is 0 Å². The second kappa shape index (κ2) is 8.31. The van der Waals surface area contributed by atoms with Gasteiger partial charge in [-0.15, -0.1) is 0 Å². The van der Waals surface area contributed by atoms with Gasteiger partial charge in [0, 0.05) is 44.0 Å². The molecular weight excluding hydrogens is 338 g/mol. The average Bonchev–Trinajstić information content (AvgIpc) is 3.14. The summed E-state index contributed by atoms with van der Waals surface area (Å²) in [7, 11) is 4.32. The van der Waals surface area contributed by atoms with Crippen LogP contribution in [-0.4, -0.2) is 66.1 Å². The maximum absolute atomic E-state index is 12.3. The van der Waals surface area contributed by atoms with Gasteiger partial charge in [0.05, 0.1) is 5.52 Å². The fourth-order valence-corrected chi connectivity index (χ4v) is 3.93. The SMILES string of the molecule is CN(C)C1CCN(C(C)(C)CNC(=O)NCc2cccc3cc[nH]c23)CC1. The van der Waals surface area contributed by atoms with Crippen molar-refractivity contribution in [3.05, 3.63) is 36.0 Å². The molecule has 1 aromatic heterocycles. The van der Waals surface area contributed by atoms with Gasteiger partial charge in [-0.05, 0) is 57.8 Å². The quantitative estimate of drug-likeness (QED) is 0.732. The number of rotatable bonds is 6. The number of benzene rings is 1. The summed E-state index contributed by atoms with van der Waals surface area (Å²) in [6.45, 7) is 7.73. The predicted octanol–water partition coefficient (Wildman–Crippen LogP) is 2.77. The Morgan fingerprint density at radius 1 is 1.22 bits per heavy atom. The lowest BCUT2D eigenvalue weighted by molar-refractivity contribution is 0.0631. The smallest absolute Gasteiger partial charge is 0.315 e. The molecule has 0 atom stereocenters. The van der Waals surface area contributed by atoms with E-state index in [0.29, 0.717) is 19.1 Å². The minimum Gasteiger partial charge on any atom is -0.361 e. The molecule has 0 bridgehead atoms. The van der Waals surface area contributed by atoms with Gasteiger partial charge in [-0.2, -0.15) is 0 Å². The number of nitrogens with zero attached hydrogens (tertiary/aromatic N) is 2. The van der Waals surface area contributed by atoms with Crippen LogP contribution in [0.15, 0.2) is 30.5 Å². The Morgan fingerprint density at radius 3 is 2.67 bits per heavy atom. The maximum atomic E-state index is 12.3. The first-order valence-corrected chi connectivity index (χ1v) is 9.85. The zero-order valence-electron chi connectivity index (χ0n) is 17.0. The van der Waals surface area contributed by atoms with Crippen LogP contribution in [0.3, 0.4) is 0 Å². The van der Waals surface area contributed by atoms with Gasteiger partial charge in [0.25, 0.3) is 0 Å². The molecule has 6 nitrogen and oxygen atoms in total. The van der Waals surface area contributed by atoms with Crippen molar-refractivity contribution in [3.8, 4) is 0 Å². The maximum Gasteiger partial charge on any atom is 0.315 e. The monoisotopic (exact) mass is 371 g/mol. The van der Waals surface area contributed by atoms with E-state index in [-0.39, 0.29) is 11.6 Å². The number of piperidine rings is 1. The third-order valence-corrected chi connectivity index (χ3v) is 5.85. The van der Waals surface area contributed by atoms with Crippen LogP contribution in [-0.2, 0) is 6.54 Å². The van der Waals surface area contributed by atoms with Crippen molar-refractivity contribution < 1.29 is 4.79 Å². The summed E-state index contributed by atoms with van der Waals surface area (Å²) in [4.78, 5) is 20.4. The second-order valence-electron chi connectivity index (χ2n) is 8.39. The molecule has 0 aliphatic carbocycles. The van der Waals surface area contributed by atoms with Crippen LogP contribution in [0.25, 0.3) is 10.9 Å². The Labute approximate surface area is 162 Å². The van der Waals surface area contributed by atoms with Gasteiger partial charge in [-0.1, -0.05) is 18.2 Å². The lowest BCUT2D eigenvalue weighted by Crippen LogP contribution is -2.56. The van der Waals surface area contributed by atoms with E-state index in [9.17, 15) is 4.79 Å². The van der Waals surface area contributed by atoms with E-state index >= 15 is 0 Å². The van der Waals surface area contributed by atoms with E-state index < -0.39 is 0 Å². The highest BCUT2D eigenvalue weighted by Gasteiger charge is 2.31. The molecule has 1 fully saturated rings. The normalized spacial score (nSPS) is 16.8. The number of likely N-dealkylation sites (tertiary alicyclic amines) is 1. The van der Waals surface area contributed by atoms with E-state index in [0.717, 1.165) is 29.6 Å². The average molecular weight is 372 g/mol. The van der Waals surface area contributed by atoms with Crippen molar-refractivity contribution in [2.24, 2.45) is 0 Å². The molecule has 148 valence electrons. The van der Waals surface area contributed by atoms with E-state index in [4.69, 9.17) is 0 Å². The molecule has 2 amide bonds. The molecule has 0 spiro atoms. The number of fused-ring (bicyclic) bond motifs is 1. The van der Waals surface area contributed by atoms with Crippen LogP contribution in [0.1, 0.15) is 32.3 Å². The van der Waals surface area contributed by atoms with Gasteiger partial charge in [-0.3, -0.25) is 4.90 Å². The summed E-state index contributed by atoms with van der Waals surface area (Å²) in [5, 5.41) is 7.20. The molecule has 3 rings (SSSR count). The molecule has 1 saturated heterocycles. The number of carbonyl (C=O) groups excluding carboxylic acids is 1. The molecule has 6 heteroatoms. The number of hydrogen-bond acceptors (Lipinski definition) is 3. The largest absolute Gasteiger partial charge is 0.361 e. The van der Waals surface area contributed by atoms with Crippen molar-refractivity contribution in [2.75, 3.05) is 33.7 Å². The highest BCUT2D eigenvalue weighted by atomic mass is 16.2. The first kappa shape index (κ1) is 19.7.